The number of hydrogen-bond donors (Lipinski definition) is 2. The molecule has 1 aromatic carbocycles. The Kier molecular flexibility index (Phi) is 4.47. The Balaban J connectivity index is 1.94. The van der Waals surface area contributed by atoms with Crippen LogP contribution in [-0.2, 0) is 11.2 Å². The van der Waals surface area contributed by atoms with Gasteiger partial charge in [-0.2, -0.15) is 5.10 Å². The zero-order chi connectivity index (χ0) is 14.5. The van der Waals surface area contributed by atoms with Gasteiger partial charge in [0.1, 0.15) is 0 Å². The molecular formula is C14H16N4OS. The zero-order valence-electron chi connectivity index (χ0n) is 11.4. The SMILES string of the molecule is C/C(=N/NC(=O)Cc1csc(C)n1)c1ccc(N)cc1. The predicted molar refractivity (Wildman–Crippen MR) is 81.8 cm³/mol. The lowest BCUT2D eigenvalue weighted by atomic mass is 10.1. The second-order valence-corrected chi connectivity index (χ2v) is 5.45. The van der Waals surface area contributed by atoms with Crippen molar-refractivity contribution in [2.45, 2.75) is 20.3 Å². The fourth-order valence-electron chi connectivity index (χ4n) is 1.63. The molecule has 0 saturated heterocycles. The summed E-state index contributed by atoms with van der Waals surface area (Å²) in [6, 6.07) is 7.33. The monoisotopic (exact) mass is 288 g/mol. The molecule has 3 N–H and O–H groups in total. The molecule has 0 spiro atoms. The summed E-state index contributed by atoms with van der Waals surface area (Å²) in [5, 5.41) is 6.91. The molecule has 0 aliphatic heterocycles. The first-order valence-electron chi connectivity index (χ1n) is 6.14. The highest BCUT2D eigenvalue weighted by Gasteiger charge is 2.06. The Bertz CT molecular complexity index is 631. The van der Waals surface area contributed by atoms with Crippen molar-refractivity contribution in [2.24, 2.45) is 5.10 Å². The smallest absolute Gasteiger partial charge is 0.246 e. The van der Waals surface area contributed by atoms with Gasteiger partial charge in [-0.1, -0.05) is 12.1 Å². The number of benzene rings is 1. The third-order valence-corrected chi connectivity index (χ3v) is 3.51. The van der Waals surface area contributed by atoms with Gasteiger partial charge in [0.15, 0.2) is 0 Å². The van der Waals surface area contributed by atoms with Crippen LogP contribution in [-0.4, -0.2) is 16.6 Å². The third kappa shape index (κ3) is 3.89. The van der Waals surface area contributed by atoms with Gasteiger partial charge in [-0.25, -0.2) is 10.4 Å². The molecule has 0 bridgehead atoms. The molecule has 0 unspecified atom stereocenters. The number of nitrogens with zero attached hydrogens (tertiary/aromatic N) is 2. The summed E-state index contributed by atoms with van der Waals surface area (Å²) in [5.74, 6) is -0.176. The van der Waals surface area contributed by atoms with Gasteiger partial charge in [0.2, 0.25) is 5.91 Å². The first-order valence-corrected chi connectivity index (χ1v) is 7.02. The van der Waals surface area contributed by atoms with E-state index in [1.165, 1.54) is 11.3 Å². The third-order valence-electron chi connectivity index (χ3n) is 2.69. The van der Waals surface area contributed by atoms with Crippen LogP contribution >= 0.6 is 11.3 Å². The van der Waals surface area contributed by atoms with Gasteiger partial charge in [-0.05, 0) is 31.5 Å². The lowest BCUT2D eigenvalue weighted by Gasteiger charge is -2.02. The van der Waals surface area contributed by atoms with Crippen LogP contribution < -0.4 is 11.2 Å². The minimum atomic E-state index is -0.176. The predicted octanol–water partition coefficient (Wildman–Crippen LogP) is 2.12. The van der Waals surface area contributed by atoms with Gasteiger partial charge in [0, 0.05) is 11.1 Å². The number of rotatable bonds is 4. The van der Waals surface area contributed by atoms with E-state index in [1.807, 2.05) is 31.4 Å². The average Bonchev–Trinajstić information content (AvgIpc) is 2.82. The maximum atomic E-state index is 11.7. The molecule has 2 aromatic rings. The Hall–Kier alpha value is -2.21. The van der Waals surface area contributed by atoms with Crippen LogP contribution in [0.15, 0.2) is 34.7 Å². The van der Waals surface area contributed by atoms with E-state index < -0.39 is 0 Å². The van der Waals surface area contributed by atoms with Crippen molar-refractivity contribution in [1.82, 2.24) is 10.4 Å². The van der Waals surface area contributed by atoms with Crippen molar-refractivity contribution in [2.75, 3.05) is 5.73 Å². The number of amides is 1. The van der Waals surface area contributed by atoms with E-state index in [9.17, 15) is 4.79 Å². The molecule has 0 fully saturated rings. The number of nitrogens with two attached hydrogens (primary N) is 1. The molecule has 20 heavy (non-hydrogen) atoms. The summed E-state index contributed by atoms with van der Waals surface area (Å²) >= 11 is 1.53. The number of carbonyl (C=O) groups excluding carboxylic acids is 1. The van der Waals surface area contributed by atoms with Gasteiger partial charge in [0.25, 0.3) is 0 Å². The Morgan fingerprint density at radius 3 is 2.70 bits per heavy atom. The van der Waals surface area contributed by atoms with E-state index in [1.54, 1.807) is 12.1 Å². The number of hydrogen-bond acceptors (Lipinski definition) is 5. The summed E-state index contributed by atoms with van der Waals surface area (Å²) in [5.41, 5.74) is 11.3. The Morgan fingerprint density at radius 1 is 1.40 bits per heavy atom. The Labute approximate surface area is 121 Å². The number of nitrogens with one attached hydrogen (secondary N) is 1. The molecule has 1 aromatic heterocycles. The highest BCUT2D eigenvalue weighted by atomic mass is 32.1. The second kappa shape index (κ2) is 6.29. The fourth-order valence-corrected chi connectivity index (χ4v) is 2.24. The van der Waals surface area contributed by atoms with Gasteiger partial charge in [-0.15, -0.1) is 11.3 Å². The molecule has 0 radical (unpaired) electrons. The summed E-state index contributed by atoms with van der Waals surface area (Å²) in [7, 11) is 0. The van der Waals surface area contributed by atoms with Crippen LogP contribution in [0, 0.1) is 6.92 Å². The normalized spacial score (nSPS) is 11.4. The van der Waals surface area contributed by atoms with Crippen LogP contribution in [0.2, 0.25) is 0 Å². The molecule has 1 heterocycles. The van der Waals surface area contributed by atoms with Gasteiger partial charge in [0.05, 0.1) is 22.8 Å². The van der Waals surface area contributed by atoms with Crippen LogP contribution in [0.3, 0.4) is 0 Å². The zero-order valence-corrected chi connectivity index (χ0v) is 12.2. The topological polar surface area (TPSA) is 80.4 Å². The first kappa shape index (κ1) is 14.2. The molecule has 104 valence electrons. The average molecular weight is 288 g/mol. The van der Waals surface area contributed by atoms with Crippen LogP contribution in [0.4, 0.5) is 5.69 Å². The molecular weight excluding hydrogens is 272 g/mol. The lowest BCUT2D eigenvalue weighted by Crippen LogP contribution is -2.21. The van der Waals surface area contributed by atoms with Crippen molar-refractivity contribution < 1.29 is 4.79 Å². The van der Waals surface area contributed by atoms with Crippen molar-refractivity contribution in [3.8, 4) is 0 Å². The number of aromatic nitrogens is 1. The molecule has 5 nitrogen and oxygen atoms in total. The minimum Gasteiger partial charge on any atom is -0.399 e. The van der Waals surface area contributed by atoms with Crippen molar-refractivity contribution in [3.63, 3.8) is 0 Å². The first-order chi connectivity index (χ1) is 9.54. The number of aryl methyl sites for hydroxylation is 1. The largest absolute Gasteiger partial charge is 0.399 e. The molecule has 1 amide bonds. The van der Waals surface area contributed by atoms with E-state index in [4.69, 9.17) is 5.73 Å². The maximum Gasteiger partial charge on any atom is 0.246 e. The number of anilines is 1. The van der Waals surface area contributed by atoms with Crippen LogP contribution in [0.5, 0.6) is 0 Å². The van der Waals surface area contributed by atoms with Crippen molar-refractivity contribution in [1.29, 1.82) is 0 Å². The maximum absolute atomic E-state index is 11.7. The quantitative estimate of drug-likeness (QED) is 0.514. The van der Waals surface area contributed by atoms with E-state index in [2.05, 4.69) is 15.5 Å². The van der Waals surface area contributed by atoms with E-state index in [0.717, 1.165) is 22.0 Å². The summed E-state index contributed by atoms with van der Waals surface area (Å²) < 4.78 is 0. The molecule has 2 rings (SSSR count). The highest BCUT2D eigenvalue weighted by molar-refractivity contribution is 7.09. The van der Waals surface area contributed by atoms with Crippen LogP contribution in [0.1, 0.15) is 23.2 Å². The molecule has 0 saturated carbocycles. The second-order valence-electron chi connectivity index (χ2n) is 4.39. The van der Waals surface area contributed by atoms with Crippen molar-refractivity contribution in [3.05, 3.63) is 45.9 Å². The Morgan fingerprint density at radius 2 is 2.10 bits per heavy atom. The van der Waals surface area contributed by atoms with E-state index >= 15 is 0 Å². The number of thiazole rings is 1. The molecule has 0 atom stereocenters. The fraction of sp³-hybridized carbons (Fsp3) is 0.214. The molecule has 0 aliphatic rings. The van der Waals surface area contributed by atoms with Crippen LogP contribution in [0.25, 0.3) is 0 Å². The summed E-state index contributed by atoms with van der Waals surface area (Å²) in [6.07, 6.45) is 0.239. The minimum absolute atomic E-state index is 0.176. The number of nitrogen functional groups attached to an aromatic ring is 1. The van der Waals surface area contributed by atoms with Gasteiger partial charge >= 0.3 is 0 Å². The summed E-state index contributed by atoms with van der Waals surface area (Å²) in [6.45, 7) is 3.74. The summed E-state index contributed by atoms with van der Waals surface area (Å²) in [4.78, 5) is 16.0. The van der Waals surface area contributed by atoms with Crippen molar-refractivity contribution >= 4 is 28.6 Å². The molecule has 6 heteroatoms. The van der Waals surface area contributed by atoms with Gasteiger partial charge in [-0.3, -0.25) is 4.79 Å². The number of carbonyl (C=O) groups is 1. The standard InChI is InChI=1S/C14H16N4OS/c1-9(11-3-5-12(15)6-4-11)17-18-14(19)7-13-8-20-10(2)16-13/h3-6,8H,7,15H2,1-2H3,(H,18,19)/b17-9-. The van der Waals surface area contributed by atoms with E-state index in [0.29, 0.717) is 5.69 Å². The highest BCUT2D eigenvalue weighted by Crippen LogP contribution is 2.08. The van der Waals surface area contributed by atoms with E-state index in [-0.39, 0.29) is 12.3 Å². The van der Waals surface area contributed by atoms with Gasteiger partial charge < -0.3 is 5.73 Å². The molecule has 0 aliphatic carbocycles. The number of hydrazone groups is 1. The lowest BCUT2D eigenvalue weighted by molar-refractivity contribution is -0.120.